The number of aromatic nitrogens is 1. The third kappa shape index (κ3) is 7.15. The summed E-state index contributed by atoms with van der Waals surface area (Å²) < 4.78 is 0. The van der Waals surface area contributed by atoms with Crippen LogP contribution in [0.2, 0.25) is 0 Å². The zero-order valence-corrected chi connectivity index (χ0v) is 21.0. The summed E-state index contributed by atoms with van der Waals surface area (Å²) in [6.07, 6.45) is 2.18. The highest BCUT2D eigenvalue weighted by Crippen LogP contribution is 2.19. The van der Waals surface area contributed by atoms with Gasteiger partial charge in [-0.25, -0.2) is 4.98 Å². The number of rotatable bonds is 6. The van der Waals surface area contributed by atoms with Crippen LogP contribution in [0.5, 0.6) is 0 Å². The Morgan fingerprint density at radius 3 is 2.47 bits per heavy atom. The van der Waals surface area contributed by atoms with Crippen LogP contribution in [0.25, 0.3) is 0 Å². The molecular weight excluding hydrogens is 485 g/mol. The predicted molar refractivity (Wildman–Crippen MR) is 138 cm³/mol. The molecule has 1 fully saturated rings. The van der Waals surface area contributed by atoms with Crippen LogP contribution >= 0.6 is 24.0 Å². The number of anilines is 1. The first-order valence-corrected chi connectivity index (χ1v) is 10.8. The number of hydrogen-bond donors (Lipinski definition) is 2. The van der Waals surface area contributed by atoms with Gasteiger partial charge >= 0.3 is 0 Å². The van der Waals surface area contributed by atoms with Crippen LogP contribution in [-0.2, 0) is 0 Å². The molecule has 1 atom stereocenters. The standard InChI is InChI=1S/C24H35N5.HI/c1-5-25-24(26-17-19(3)21-11-9-18(2)10-12-21)28-22-13-15-29(16-14-22)23-8-6-7-20(4)27-23;/h6-12,19,22H,5,13-17H2,1-4H3,(H2,25,26,28);1H. The second kappa shape index (κ2) is 12.1. The van der Waals surface area contributed by atoms with E-state index in [1.165, 1.54) is 11.1 Å². The molecule has 2 N–H and O–H groups in total. The Balaban J connectivity index is 0.00000320. The summed E-state index contributed by atoms with van der Waals surface area (Å²) in [7, 11) is 0. The van der Waals surface area contributed by atoms with Crippen LogP contribution in [0.1, 0.15) is 49.4 Å². The molecule has 30 heavy (non-hydrogen) atoms. The molecule has 1 aromatic carbocycles. The molecule has 2 heterocycles. The van der Waals surface area contributed by atoms with Gasteiger partial charge in [0.15, 0.2) is 5.96 Å². The first-order valence-electron chi connectivity index (χ1n) is 10.8. The third-order valence-corrected chi connectivity index (χ3v) is 5.55. The van der Waals surface area contributed by atoms with Crippen LogP contribution in [0.15, 0.2) is 47.5 Å². The molecule has 5 nitrogen and oxygen atoms in total. The minimum atomic E-state index is 0. The van der Waals surface area contributed by atoms with E-state index in [2.05, 4.69) is 90.7 Å². The molecule has 0 radical (unpaired) electrons. The first-order chi connectivity index (χ1) is 14.0. The number of pyridine rings is 1. The number of aryl methyl sites for hydroxylation is 2. The fraction of sp³-hybridized carbons (Fsp3) is 0.500. The average Bonchev–Trinajstić information content (AvgIpc) is 2.73. The van der Waals surface area contributed by atoms with Gasteiger partial charge in [-0.05, 0) is 51.3 Å². The zero-order valence-electron chi connectivity index (χ0n) is 18.7. The fourth-order valence-corrected chi connectivity index (χ4v) is 3.70. The molecule has 6 heteroatoms. The lowest BCUT2D eigenvalue weighted by Crippen LogP contribution is -2.49. The van der Waals surface area contributed by atoms with E-state index in [9.17, 15) is 0 Å². The molecule has 1 unspecified atom stereocenters. The van der Waals surface area contributed by atoms with Gasteiger partial charge in [0.25, 0.3) is 0 Å². The lowest BCUT2D eigenvalue weighted by atomic mass is 10.0. The minimum absolute atomic E-state index is 0. The van der Waals surface area contributed by atoms with Gasteiger partial charge in [0.2, 0.25) is 0 Å². The van der Waals surface area contributed by atoms with Crippen LogP contribution in [-0.4, -0.2) is 43.2 Å². The summed E-state index contributed by atoms with van der Waals surface area (Å²) in [4.78, 5) is 11.9. The molecule has 3 rings (SSSR count). The number of piperidine rings is 1. The van der Waals surface area contributed by atoms with Crippen molar-refractivity contribution in [3.63, 3.8) is 0 Å². The number of benzene rings is 1. The normalized spacial score (nSPS) is 16.0. The van der Waals surface area contributed by atoms with Crippen molar-refractivity contribution in [3.05, 3.63) is 59.3 Å². The quantitative estimate of drug-likeness (QED) is 0.331. The largest absolute Gasteiger partial charge is 0.357 e. The van der Waals surface area contributed by atoms with Crippen molar-refractivity contribution in [2.24, 2.45) is 4.99 Å². The molecule has 1 saturated heterocycles. The highest BCUT2D eigenvalue weighted by atomic mass is 127. The smallest absolute Gasteiger partial charge is 0.191 e. The Morgan fingerprint density at radius 1 is 1.13 bits per heavy atom. The Hall–Kier alpha value is -1.83. The summed E-state index contributed by atoms with van der Waals surface area (Å²) in [5.74, 6) is 2.43. The van der Waals surface area contributed by atoms with Crippen molar-refractivity contribution in [1.29, 1.82) is 0 Å². The maximum atomic E-state index is 4.86. The van der Waals surface area contributed by atoms with Crippen molar-refractivity contribution < 1.29 is 0 Å². The van der Waals surface area contributed by atoms with E-state index in [-0.39, 0.29) is 24.0 Å². The van der Waals surface area contributed by atoms with Gasteiger partial charge in [0.1, 0.15) is 5.82 Å². The maximum absolute atomic E-state index is 4.86. The fourth-order valence-electron chi connectivity index (χ4n) is 3.70. The Labute approximate surface area is 198 Å². The summed E-state index contributed by atoms with van der Waals surface area (Å²) >= 11 is 0. The molecule has 164 valence electrons. The number of hydrogen-bond acceptors (Lipinski definition) is 3. The third-order valence-electron chi connectivity index (χ3n) is 5.55. The second-order valence-electron chi connectivity index (χ2n) is 8.07. The Morgan fingerprint density at radius 2 is 1.83 bits per heavy atom. The van der Waals surface area contributed by atoms with Crippen molar-refractivity contribution >= 4 is 35.8 Å². The molecule has 1 aromatic heterocycles. The Kier molecular flexibility index (Phi) is 9.88. The SMILES string of the molecule is CCNC(=NCC(C)c1ccc(C)cc1)NC1CCN(c2cccc(C)n2)CC1.I. The van der Waals surface area contributed by atoms with Crippen LogP contribution in [0, 0.1) is 13.8 Å². The van der Waals surface area contributed by atoms with Crippen molar-refractivity contribution in [2.45, 2.75) is 52.5 Å². The van der Waals surface area contributed by atoms with E-state index in [1.54, 1.807) is 0 Å². The monoisotopic (exact) mass is 521 g/mol. The van der Waals surface area contributed by atoms with E-state index in [1.807, 2.05) is 0 Å². The van der Waals surface area contributed by atoms with Gasteiger partial charge in [-0.1, -0.05) is 42.8 Å². The topological polar surface area (TPSA) is 52.6 Å². The van der Waals surface area contributed by atoms with Gasteiger partial charge in [0, 0.05) is 43.8 Å². The molecule has 2 aromatic rings. The predicted octanol–water partition coefficient (Wildman–Crippen LogP) is 4.64. The average molecular weight is 521 g/mol. The summed E-state index contributed by atoms with van der Waals surface area (Å²) in [6, 6.07) is 15.5. The number of guanidine groups is 1. The van der Waals surface area contributed by atoms with Crippen LogP contribution < -0.4 is 15.5 Å². The number of nitrogens with one attached hydrogen (secondary N) is 2. The summed E-state index contributed by atoms with van der Waals surface area (Å²) in [6.45, 7) is 12.2. The lowest BCUT2D eigenvalue weighted by molar-refractivity contribution is 0.459. The van der Waals surface area contributed by atoms with Gasteiger partial charge in [-0.15, -0.1) is 24.0 Å². The highest BCUT2D eigenvalue weighted by Gasteiger charge is 2.21. The zero-order chi connectivity index (χ0) is 20.6. The van der Waals surface area contributed by atoms with Gasteiger partial charge in [-0.2, -0.15) is 0 Å². The second-order valence-corrected chi connectivity index (χ2v) is 8.07. The van der Waals surface area contributed by atoms with E-state index in [0.29, 0.717) is 12.0 Å². The van der Waals surface area contributed by atoms with E-state index >= 15 is 0 Å². The lowest BCUT2D eigenvalue weighted by Gasteiger charge is -2.34. The molecule has 0 amide bonds. The number of aliphatic imine (C=N–C) groups is 1. The molecule has 1 aliphatic heterocycles. The van der Waals surface area contributed by atoms with Crippen LogP contribution in [0.3, 0.4) is 0 Å². The Bertz CT molecular complexity index is 797. The van der Waals surface area contributed by atoms with Crippen LogP contribution in [0.4, 0.5) is 5.82 Å². The summed E-state index contributed by atoms with van der Waals surface area (Å²) in [5.41, 5.74) is 3.72. The van der Waals surface area contributed by atoms with E-state index in [4.69, 9.17) is 4.99 Å². The van der Waals surface area contributed by atoms with Crippen molar-refractivity contribution in [1.82, 2.24) is 15.6 Å². The van der Waals surface area contributed by atoms with Gasteiger partial charge in [0.05, 0.1) is 0 Å². The molecule has 0 spiro atoms. The van der Waals surface area contributed by atoms with Gasteiger partial charge < -0.3 is 15.5 Å². The molecule has 1 aliphatic rings. The maximum Gasteiger partial charge on any atom is 0.191 e. The van der Waals surface area contributed by atoms with Gasteiger partial charge in [-0.3, -0.25) is 4.99 Å². The molecule has 0 aliphatic carbocycles. The minimum Gasteiger partial charge on any atom is -0.357 e. The number of halogens is 1. The molecular formula is C24H36IN5. The first kappa shape index (κ1) is 24.4. The summed E-state index contributed by atoms with van der Waals surface area (Å²) in [5, 5.41) is 7.06. The van der Waals surface area contributed by atoms with Crippen molar-refractivity contribution in [2.75, 3.05) is 31.1 Å². The molecule has 0 saturated carbocycles. The number of nitrogens with zero attached hydrogens (tertiary/aromatic N) is 3. The van der Waals surface area contributed by atoms with E-state index in [0.717, 1.165) is 56.5 Å². The molecule has 0 bridgehead atoms. The highest BCUT2D eigenvalue weighted by molar-refractivity contribution is 14.0. The van der Waals surface area contributed by atoms with E-state index < -0.39 is 0 Å². The van der Waals surface area contributed by atoms with Crippen molar-refractivity contribution in [3.8, 4) is 0 Å².